The van der Waals surface area contributed by atoms with Crippen LogP contribution in [0.25, 0.3) is 0 Å². The average Bonchev–Trinajstić information content (AvgIpc) is 2.69. The van der Waals surface area contributed by atoms with Crippen LogP contribution in [-0.2, 0) is 18.3 Å². The molecule has 0 atom stereocenters. The predicted molar refractivity (Wildman–Crippen MR) is 82.5 cm³/mol. The molecule has 2 aromatic rings. The van der Waals surface area contributed by atoms with Gasteiger partial charge in [0.1, 0.15) is 11.6 Å². The van der Waals surface area contributed by atoms with Crippen LogP contribution >= 0.6 is 11.6 Å². The molecule has 1 aromatic carbocycles. The minimum atomic E-state index is -0.231. The Hall–Kier alpha value is -2.07. The summed E-state index contributed by atoms with van der Waals surface area (Å²) in [7, 11) is 1.84. The van der Waals surface area contributed by atoms with Gasteiger partial charge in [-0.15, -0.1) is 11.6 Å². The number of benzene rings is 1. The Morgan fingerprint density at radius 2 is 2.00 bits per heavy atom. The predicted octanol–water partition coefficient (Wildman–Crippen LogP) is 2.98. The van der Waals surface area contributed by atoms with Crippen LogP contribution in [-0.4, -0.2) is 22.1 Å². The highest BCUT2D eigenvalue weighted by Gasteiger charge is 2.31. The number of alkyl halides is 1. The number of hydrogen-bond donors (Lipinski definition) is 0. The molecular formula is C16H15ClN2O2. The van der Waals surface area contributed by atoms with E-state index in [4.69, 9.17) is 11.6 Å². The molecule has 0 unspecified atom stereocenters. The van der Waals surface area contributed by atoms with Crippen LogP contribution in [0.3, 0.4) is 0 Å². The van der Waals surface area contributed by atoms with Crippen molar-refractivity contribution in [2.75, 3.05) is 10.8 Å². The second-order valence-corrected chi connectivity index (χ2v) is 5.44. The number of rotatable bonds is 1. The SMILES string of the molecule is Cc1cc2c(n1C)C(=O)Cc1ccccc1N2C(=O)CCl. The van der Waals surface area contributed by atoms with Gasteiger partial charge in [-0.05, 0) is 24.6 Å². The summed E-state index contributed by atoms with van der Waals surface area (Å²) in [6.07, 6.45) is 0.284. The third-order valence-electron chi connectivity index (χ3n) is 3.90. The maximum Gasteiger partial charge on any atom is 0.246 e. The molecule has 5 heteroatoms. The summed E-state index contributed by atoms with van der Waals surface area (Å²) in [6.45, 7) is 1.91. The fraction of sp³-hybridized carbons (Fsp3) is 0.250. The molecule has 1 aliphatic heterocycles. The quantitative estimate of drug-likeness (QED) is 0.760. The number of aromatic nitrogens is 1. The van der Waals surface area contributed by atoms with Crippen LogP contribution in [0.1, 0.15) is 21.7 Å². The van der Waals surface area contributed by atoms with E-state index in [0.717, 1.165) is 16.9 Å². The van der Waals surface area contributed by atoms with E-state index in [2.05, 4.69) is 0 Å². The van der Waals surface area contributed by atoms with Gasteiger partial charge < -0.3 is 4.57 Å². The molecule has 0 saturated carbocycles. The normalized spacial score (nSPS) is 13.7. The van der Waals surface area contributed by atoms with E-state index in [1.807, 2.05) is 48.9 Å². The monoisotopic (exact) mass is 302 g/mol. The summed E-state index contributed by atoms with van der Waals surface area (Å²) in [6, 6.07) is 9.32. The van der Waals surface area contributed by atoms with Crippen LogP contribution in [0.4, 0.5) is 11.4 Å². The molecule has 0 radical (unpaired) electrons. The zero-order valence-electron chi connectivity index (χ0n) is 11.9. The molecule has 108 valence electrons. The summed E-state index contributed by atoms with van der Waals surface area (Å²) in [5.41, 5.74) is 3.69. The standard InChI is InChI=1S/C16H15ClN2O2/c1-10-7-13-16(18(10)2)14(20)8-11-5-3-4-6-12(11)19(13)15(21)9-17/h3-7H,8-9H2,1-2H3. The third-order valence-corrected chi connectivity index (χ3v) is 4.13. The van der Waals surface area contributed by atoms with Crippen molar-refractivity contribution in [3.05, 3.63) is 47.3 Å². The largest absolute Gasteiger partial charge is 0.344 e. The van der Waals surface area contributed by atoms with E-state index in [1.54, 1.807) is 4.90 Å². The lowest BCUT2D eigenvalue weighted by molar-refractivity contribution is -0.115. The second kappa shape index (κ2) is 5.04. The van der Waals surface area contributed by atoms with Crippen molar-refractivity contribution in [1.82, 2.24) is 4.57 Å². The lowest BCUT2D eigenvalue weighted by atomic mass is 10.1. The van der Waals surface area contributed by atoms with Crippen molar-refractivity contribution >= 4 is 34.7 Å². The zero-order chi connectivity index (χ0) is 15.1. The van der Waals surface area contributed by atoms with Crippen LogP contribution in [0.5, 0.6) is 0 Å². The molecule has 21 heavy (non-hydrogen) atoms. The maximum absolute atomic E-state index is 12.6. The lowest BCUT2D eigenvalue weighted by Gasteiger charge is -2.22. The number of nitrogens with zero attached hydrogens (tertiary/aromatic N) is 2. The van der Waals surface area contributed by atoms with Crippen molar-refractivity contribution < 1.29 is 9.59 Å². The zero-order valence-corrected chi connectivity index (χ0v) is 12.6. The summed E-state index contributed by atoms with van der Waals surface area (Å²) < 4.78 is 1.83. The number of fused-ring (bicyclic) bond motifs is 2. The van der Waals surface area contributed by atoms with Gasteiger partial charge in [-0.1, -0.05) is 18.2 Å². The molecule has 1 aromatic heterocycles. The number of hydrogen-bond acceptors (Lipinski definition) is 2. The first-order valence-corrected chi connectivity index (χ1v) is 7.24. The maximum atomic E-state index is 12.6. The topological polar surface area (TPSA) is 42.3 Å². The van der Waals surface area contributed by atoms with Gasteiger partial charge in [0.05, 0.1) is 11.4 Å². The van der Waals surface area contributed by atoms with Crippen LogP contribution < -0.4 is 4.90 Å². The Kier molecular flexibility index (Phi) is 3.33. The molecule has 4 nitrogen and oxygen atoms in total. The Balaban J connectivity index is 2.32. The molecule has 1 amide bonds. The minimum absolute atomic E-state index is 0.0120. The molecule has 0 fully saturated rings. The molecule has 2 heterocycles. The van der Waals surface area contributed by atoms with Gasteiger partial charge in [-0.2, -0.15) is 0 Å². The fourth-order valence-electron chi connectivity index (χ4n) is 2.80. The highest BCUT2D eigenvalue weighted by Crippen LogP contribution is 2.37. The highest BCUT2D eigenvalue weighted by atomic mass is 35.5. The summed E-state index contributed by atoms with van der Waals surface area (Å²) >= 11 is 5.77. The number of aryl methyl sites for hydroxylation is 1. The van der Waals surface area contributed by atoms with Crippen LogP contribution in [0.2, 0.25) is 0 Å². The number of halogens is 1. The summed E-state index contributed by atoms with van der Waals surface area (Å²) in [4.78, 5) is 26.5. The summed E-state index contributed by atoms with van der Waals surface area (Å²) in [5, 5.41) is 0. The first-order valence-electron chi connectivity index (χ1n) is 6.71. The smallest absolute Gasteiger partial charge is 0.246 e. The van der Waals surface area contributed by atoms with Crippen LogP contribution in [0, 0.1) is 6.92 Å². The van der Waals surface area contributed by atoms with E-state index in [-0.39, 0.29) is 24.0 Å². The van der Waals surface area contributed by atoms with Gasteiger partial charge in [0, 0.05) is 19.2 Å². The van der Waals surface area contributed by atoms with E-state index in [0.29, 0.717) is 11.4 Å². The first-order chi connectivity index (χ1) is 10.0. The Morgan fingerprint density at radius 3 is 2.71 bits per heavy atom. The fourth-order valence-corrected chi connectivity index (χ4v) is 2.92. The van der Waals surface area contributed by atoms with Crippen molar-refractivity contribution in [1.29, 1.82) is 0 Å². The van der Waals surface area contributed by atoms with E-state index >= 15 is 0 Å². The molecule has 0 aliphatic carbocycles. The van der Waals surface area contributed by atoms with Gasteiger partial charge in [0.15, 0.2) is 5.78 Å². The molecule has 3 rings (SSSR count). The van der Waals surface area contributed by atoms with Crippen LogP contribution in [0.15, 0.2) is 30.3 Å². The van der Waals surface area contributed by atoms with Crippen molar-refractivity contribution in [3.8, 4) is 0 Å². The average molecular weight is 303 g/mol. The molecule has 0 bridgehead atoms. The Labute approximate surface area is 127 Å². The first kappa shape index (κ1) is 13.9. The van der Waals surface area contributed by atoms with E-state index < -0.39 is 0 Å². The van der Waals surface area contributed by atoms with Gasteiger partial charge in [0.2, 0.25) is 5.91 Å². The van der Waals surface area contributed by atoms with Gasteiger partial charge in [0.25, 0.3) is 0 Å². The Morgan fingerprint density at radius 1 is 1.29 bits per heavy atom. The van der Waals surface area contributed by atoms with Crippen molar-refractivity contribution in [2.45, 2.75) is 13.3 Å². The van der Waals surface area contributed by atoms with E-state index in [1.165, 1.54) is 0 Å². The second-order valence-electron chi connectivity index (χ2n) is 5.17. The highest BCUT2D eigenvalue weighted by molar-refractivity contribution is 6.31. The molecule has 0 spiro atoms. The number of carbonyl (C=O) groups excluding carboxylic acids is 2. The van der Waals surface area contributed by atoms with Gasteiger partial charge in [-0.3, -0.25) is 14.5 Å². The molecule has 0 saturated heterocycles. The van der Waals surface area contributed by atoms with E-state index in [9.17, 15) is 9.59 Å². The van der Waals surface area contributed by atoms with Gasteiger partial charge in [-0.25, -0.2) is 0 Å². The number of amides is 1. The summed E-state index contributed by atoms with van der Waals surface area (Å²) in [5.74, 6) is -0.348. The minimum Gasteiger partial charge on any atom is -0.344 e. The number of carbonyl (C=O) groups is 2. The third kappa shape index (κ3) is 2.07. The molecular weight excluding hydrogens is 288 g/mol. The number of anilines is 2. The molecule has 0 N–H and O–H groups in total. The van der Waals surface area contributed by atoms with Crippen molar-refractivity contribution in [2.24, 2.45) is 7.05 Å². The number of ketones is 1. The molecule has 1 aliphatic rings. The lowest BCUT2D eigenvalue weighted by Crippen LogP contribution is -2.27. The number of para-hydroxylation sites is 1. The number of Topliss-reactive ketones (excluding diaryl/α,β-unsaturated/α-hetero) is 1. The Bertz CT molecular complexity index is 749. The van der Waals surface area contributed by atoms with Crippen molar-refractivity contribution in [3.63, 3.8) is 0 Å². The van der Waals surface area contributed by atoms with Gasteiger partial charge >= 0.3 is 0 Å².